The highest BCUT2D eigenvalue weighted by Crippen LogP contribution is 2.26. The SMILES string of the molecule is O=C/C=C/C1CCC1. The lowest BCUT2D eigenvalue weighted by Crippen LogP contribution is -2.06. The first-order valence-corrected chi connectivity index (χ1v) is 3.05. The van der Waals surface area contributed by atoms with Crippen LogP contribution in [0, 0.1) is 5.92 Å². The fourth-order valence-corrected chi connectivity index (χ4v) is 0.835. The maximum Gasteiger partial charge on any atom is 0.142 e. The third-order valence-electron chi connectivity index (χ3n) is 1.61. The number of aldehydes is 1. The summed E-state index contributed by atoms with van der Waals surface area (Å²) < 4.78 is 0. The molecule has 8 heavy (non-hydrogen) atoms. The normalized spacial score (nSPS) is 21.0. The second-order valence-corrected chi connectivity index (χ2v) is 2.21. The fourth-order valence-electron chi connectivity index (χ4n) is 0.835. The molecule has 0 heterocycles. The van der Waals surface area contributed by atoms with E-state index in [1.807, 2.05) is 6.08 Å². The molecule has 0 spiro atoms. The van der Waals surface area contributed by atoms with E-state index in [4.69, 9.17) is 0 Å². The number of hydrogen-bond acceptors (Lipinski definition) is 1. The molecule has 0 bridgehead atoms. The summed E-state index contributed by atoms with van der Waals surface area (Å²) in [5.41, 5.74) is 0. The average molecular weight is 110 g/mol. The summed E-state index contributed by atoms with van der Waals surface area (Å²) in [6.45, 7) is 0. The molecule has 1 fully saturated rings. The lowest BCUT2D eigenvalue weighted by atomic mass is 9.85. The topological polar surface area (TPSA) is 17.1 Å². The van der Waals surface area contributed by atoms with Crippen molar-refractivity contribution in [1.82, 2.24) is 0 Å². The lowest BCUT2D eigenvalue weighted by molar-refractivity contribution is -0.104. The van der Waals surface area contributed by atoms with Crippen molar-refractivity contribution < 1.29 is 4.79 Å². The average Bonchev–Trinajstić information content (AvgIpc) is 1.63. The van der Waals surface area contributed by atoms with Gasteiger partial charge in [0.2, 0.25) is 0 Å². The Labute approximate surface area is 49.4 Å². The summed E-state index contributed by atoms with van der Waals surface area (Å²) in [5, 5.41) is 0. The minimum Gasteiger partial charge on any atom is -0.299 e. The van der Waals surface area contributed by atoms with Crippen LogP contribution in [0.25, 0.3) is 0 Å². The van der Waals surface area contributed by atoms with Crippen LogP contribution in [0.2, 0.25) is 0 Å². The van der Waals surface area contributed by atoms with Crippen molar-refractivity contribution in [2.45, 2.75) is 19.3 Å². The summed E-state index contributed by atoms with van der Waals surface area (Å²) >= 11 is 0. The molecule has 0 aromatic carbocycles. The lowest BCUT2D eigenvalue weighted by Gasteiger charge is -2.20. The van der Waals surface area contributed by atoms with Crippen LogP contribution in [0.3, 0.4) is 0 Å². The first-order chi connectivity index (χ1) is 3.93. The molecular weight excluding hydrogens is 100 g/mol. The van der Waals surface area contributed by atoms with E-state index in [0.29, 0.717) is 0 Å². The number of carbonyl (C=O) groups is 1. The zero-order chi connectivity index (χ0) is 5.82. The van der Waals surface area contributed by atoms with Crippen molar-refractivity contribution in [3.8, 4) is 0 Å². The molecule has 1 aliphatic carbocycles. The Hall–Kier alpha value is -0.590. The Morgan fingerprint density at radius 3 is 2.50 bits per heavy atom. The van der Waals surface area contributed by atoms with Gasteiger partial charge in [0, 0.05) is 0 Å². The smallest absolute Gasteiger partial charge is 0.142 e. The van der Waals surface area contributed by atoms with Crippen LogP contribution in [0.5, 0.6) is 0 Å². The van der Waals surface area contributed by atoms with E-state index in [9.17, 15) is 4.79 Å². The molecule has 1 nitrogen and oxygen atoms in total. The third kappa shape index (κ3) is 1.19. The summed E-state index contributed by atoms with van der Waals surface area (Å²) in [7, 11) is 0. The quantitative estimate of drug-likeness (QED) is 0.389. The molecule has 1 saturated carbocycles. The van der Waals surface area contributed by atoms with Gasteiger partial charge in [-0.2, -0.15) is 0 Å². The van der Waals surface area contributed by atoms with E-state index in [1.165, 1.54) is 19.3 Å². The summed E-state index contributed by atoms with van der Waals surface area (Å²) in [5.74, 6) is 0.722. The van der Waals surface area contributed by atoms with Gasteiger partial charge in [-0.3, -0.25) is 4.79 Å². The third-order valence-corrected chi connectivity index (χ3v) is 1.61. The Kier molecular flexibility index (Phi) is 1.84. The van der Waals surface area contributed by atoms with E-state index in [2.05, 4.69) is 0 Å². The molecule has 0 aromatic heterocycles. The van der Waals surface area contributed by atoms with Crippen LogP contribution >= 0.6 is 0 Å². The largest absolute Gasteiger partial charge is 0.299 e. The molecule has 0 aliphatic heterocycles. The second kappa shape index (κ2) is 2.65. The van der Waals surface area contributed by atoms with Gasteiger partial charge in [-0.25, -0.2) is 0 Å². The van der Waals surface area contributed by atoms with Gasteiger partial charge in [0.1, 0.15) is 6.29 Å². The zero-order valence-electron chi connectivity index (χ0n) is 4.84. The van der Waals surface area contributed by atoms with E-state index < -0.39 is 0 Å². The maximum atomic E-state index is 9.76. The molecule has 44 valence electrons. The van der Waals surface area contributed by atoms with Crippen molar-refractivity contribution in [3.05, 3.63) is 12.2 Å². The van der Waals surface area contributed by atoms with Crippen LogP contribution in [0.1, 0.15) is 19.3 Å². The fraction of sp³-hybridized carbons (Fsp3) is 0.571. The highest BCUT2D eigenvalue weighted by Gasteiger charge is 2.12. The predicted octanol–water partition coefficient (Wildman–Crippen LogP) is 1.54. The Bertz CT molecular complexity index is 101. The number of allylic oxidation sites excluding steroid dienone is 2. The van der Waals surface area contributed by atoms with Gasteiger partial charge in [0.15, 0.2) is 0 Å². The molecule has 1 aliphatic rings. The number of carbonyl (C=O) groups excluding carboxylic acids is 1. The summed E-state index contributed by atoms with van der Waals surface area (Å²) in [6, 6.07) is 0. The van der Waals surface area contributed by atoms with Crippen LogP contribution in [-0.4, -0.2) is 6.29 Å². The van der Waals surface area contributed by atoms with Gasteiger partial charge in [-0.1, -0.05) is 12.5 Å². The standard InChI is InChI=1S/C7H10O/c8-6-2-5-7-3-1-4-7/h2,5-7H,1,3-4H2/b5-2+. The van der Waals surface area contributed by atoms with E-state index in [1.54, 1.807) is 6.08 Å². The molecule has 0 N–H and O–H groups in total. The molecule has 0 aromatic rings. The number of hydrogen-bond donors (Lipinski definition) is 0. The first kappa shape index (κ1) is 5.54. The molecule has 1 heteroatoms. The molecule has 0 unspecified atom stereocenters. The molecule has 1 rings (SSSR count). The molecular formula is C7H10O. The van der Waals surface area contributed by atoms with Crippen molar-refractivity contribution in [3.63, 3.8) is 0 Å². The monoisotopic (exact) mass is 110 g/mol. The van der Waals surface area contributed by atoms with Gasteiger partial charge in [-0.05, 0) is 24.8 Å². The van der Waals surface area contributed by atoms with E-state index in [-0.39, 0.29) is 0 Å². The maximum absolute atomic E-state index is 9.76. The van der Waals surface area contributed by atoms with Crippen molar-refractivity contribution >= 4 is 6.29 Å². The predicted molar refractivity (Wildman–Crippen MR) is 32.5 cm³/mol. The first-order valence-electron chi connectivity index (χ1n) is 3.05. The van der Waals surface area contributed by atoms with Gasteiger partial charge < -0.3 is 0 Å². The molecule has 0 saturated heterocycles. The Balaban J connectivity index is 2.16. The van der Waals surface area contributed by atoms with Crippen LogP contribution in [-0.2, 0) is 4.79 Å². The summed E-state index contributed by atoms with van der Waals surface area (Å²) in [6.07, 6.45) is 8.35. The van der Waals surface area contributed by atoms with Gasteiger partial charge in [0.25, 0.3) is 0 Å². The van der Waals surface area contributed by atoms with Crippen molar-refractivity contribution in [2.75, 3.05) is 0 Å². The van der Waals surface area contributed by atoms with E-state index >= 15 is 0 Å². The minimum absolute atomic E-state index is 0.722. The van der Waals surface area contributed by atoms with Crippen molar-refractivity contribution in [1.29, 1.82) is 0 Å². The van der Waals surface area contributed by atoms with Crippen molar-refractivity contribution in [2.24, 2.45) is 5.92 Å². The zero-order valence-corrected chi connectivity index (χ0v) is 4.84. The van der Waals surface area contributed by atoms with Gasteiger partial charge in [0.05, 0.1) is 0 Å². The Morgan fingerprint density at radius 2 is 2.12 bits per heavy atom. The number of rotatable bonds is 2. The summed E-state index contributed by atoms with van der Waals surface area (Å²) in [4.78, 5) is 9.76. The second-order valence-electron chi connectivity index (χ2n) is 2.21. The minimum atomic E-state index is 0.722. The van der Waals surface area contributed by atoms with Gasteiger partial charge in [-0.15, -0.1) is 0 Å². The van der Waals surface area contributed by atoms with Crippen LogP contribution in [0.15, 0.2) is 12.2 Å². The Morgan fingerprint density at radius 1 is 1.38 bits per heavy atom. The van der Waals surface area contributed by atoms with Crippen LogP contribution < -0.4 is 0 Å². The van der Waals surface area contributed by atoms with E-state index in [0.717, 1.165) is 12.2 Å². The molecule has 0 atom stereocenters. The van der Waals surface area contributed by atoms with Gasteiger partial charge >= 0.3 is 0 Å². The van der Waals surface area contributed by atoms with Crippen LogP contribution in [0.4, 0.5) is 0 Å². The molecule has 0 amide bonds. The highest BCUT2D eigenvalue weighted by molar-refractivity contribution is 5.64. The molecule has 0 radical (unpaired) electrons. The highest BCUT2D eigenvalue weighted by atomic mass is 16.1.